The summed E-state index contributed by atoms with van der Waals surface area (Å²) >= 11 is 0. The predicted octanol–water partition coefficient (Wildman–Crippen LogP) is -0.530. The average Bonchev–Trinajstić information content (AvgIpc) is 1.96. The van der Waals surface area contributed by atoms with Crippen LogP contribution in [0.2, 0.25) is 0 Å². The Bertz CT molecular complexity index is 37.0. The van der Waals surface area contributed by atoms with Crippen molar-refractivity contribution in [2.75, 3.05) is 13.2 Å². The van der Waals surface area contributed by atoms with Crippen molar-refractivity contribution in [3.05, 3.63) is 0 Å². The fraction of sp³-hybridized carbons (Fsp3) is 0.333. The SMILES string of the molecule is C#C.C#C.OCCO. The van der Waals surface area contributed by atoms with E-state index in [-0.39, 0.29) is 13.2 Å². The molecule has 0 aliphatic heterocycles. The molecule has 0 aromatic heterocycles. The standard InChI is InChI=1S/C2H6O2.2C2H2/c3-1-2-4;2*1-2/h3-4H,1-2H2;2*1-2H. The maximum atomic E-state index is 7.62. The van der Waals surface area contributed by atoms with E-state index in [0.29, 0.717) is 0 Å². The van der Waals surface area contributed by atoms with Crippen LogP contribution < -0.4 is 0 Å². The van der Waals surface area contributed by atoms with Crippen molar-refractivity contribution in [1.29, 1.82) is 0 Å². The molecule has 0 aliphatic rings. The van der Waals surface area contributed by atoms with Crippen molar-refractivity contribution in [3.63, 3.8) is 0 Å². The van der Waals surface area contributed by atoms with Gasteiger partial charge in [-0.1, -0.05) is 0 Å². The van der Waals surface area contributed by atoms with E-state index in [4.69, 9.17) is 10.2 Å². The highest BCUT2D eigenvalue weighted by atomic mass is 16.3. The summed E-state index contributed by atoms with van der Waals surface area (Å²) in [7, 11) is 0. The first-order valence-corrected chi connectivity index (χ1v) is 1.80. The maximum absolute atomic E-state index is 7.62. The monoisotopic (exact) mass is 114 g/mol. The molecule has 0 amide bonds. The number of hydrogen-bond acceptors (Lipinski definition) is 2. The van der Waals surface area contributed by atoms with Crippen LogP contribution >= 0.6 is 0 Å². The number of hydrogen-bond donors (Lipinski definition) is 2. The molecular formula is C6H10O2. The highest BCUT2D eigenvalue weighted by molar-refractivity contribution is 4.47. The zero-order valence-corrected chi connectivity index (χ0v) is 4.62. The first-order valence-electron chi connectivity index (χ1n) is 1.80. The molecule has 0 rings (SSSR count). The van der Waals surface area contributed by atoms with E-state index in [1.807, 2.05) is 0 Å². The van der Waals surface area contributed by atoms with Crippen molar-refractivity contribution >= 4 is 0 Å². The Labute approximate surface area is 50.2 Å². The second-order valence-electron chi connectivity index (χ2n) is 0.447. The molecule has 2 nitrogen and oxygen atoms in total. The van der Waals surface area contributed by atoms with Crippen LogP contribution in [0.25, 0.3) is 0 Å². The summed E-state index contributed by atoms with van der Waals surface area (Å²) in [4.78, 5) is 0. The van der Waals surface area contributed by atoms with Gasteiger partial charge in [0.2, 0.25) is 0 Å². The highest BCUT2D eigenvalue weighted by Crippen LogP contribution is 1.39. The van der Waals surface area contributed by atoms with Crippen molar-refractivity contribution in [1.82, 2.24) is 0 Å². The van der Waals surface area contributed by atoms with Crippen LogP contribution in [0.1, 0.15) is 0 Å². The third-order valence-electron chi connectivity index (χ3n) is 0.1000. The molecule has 2 heteroatoms. The van der Waals surface area contributed by atoms with Crippen LogP contribution in [0.3, 0.4) is 0 Å². The fourth-order valence-corrected chi connectivity index (χ4v) is 0. The summed E-state index contributed by atoms with van der Waals surface area (Å²) in [5, 5.41) is 15.2. The molecule has 0 bridgehead atoms. The Hall–Kier alpha value is -0.960. The first-order chi connectivity index (χ1) is 3.91. The van der Waals surface area contributed by atoms with Crippen molar-refractivity contribution in [2.45, 2.75) is 0 Å². The minimum absolute atomic E-state index is 0.125. The molecule has 0 unspecified atom stereocenters. The van der Waals surface area contributed by atoms with Gasteiger partial charge < -0.3 is 10.2 Å². The molecule has 8 heavy (non-hydrogen) atoms. The smallest absolute Gasteiger partial charge is 0.0662 e. The summed E-state index contributed by atoms with van der Waals surface area (Å²) in [5.74, 6) is 0. The Balaban J connectivity index is -0.0000000542. The van der Waals surface area contributed by atoms with E-state index in [9.17, 15) is 0 Å². The van der Waals surface area contributed by atoms with E-state index >= 15 is 0 Å². The zero-order valence-electron chi connectivity index (χ0n) is 4.62. The van der Waals surface area contributed by atoms with Gasteiger partial charge in [0, 0.05) is 0 Å². The molecule has 2 N–H and O–H groups in total. The zero-order chi connectivity index (χ0) is 7.41. The lowest BCUT2D eigenvalue weighted by Gasteiger charge is -1.70. The average molecular weight is 114 g/mol. The molecular weight excluding hydrogens is 104 g/mol. The molecule has 0 spiro atoms. The fourth-order valence-electron chi connectivity index (χ4n) is 0. The molecule has 0 aromatic rings. The molecule has 0 fully saturated rings. The number of aliphatic hydroxyl groups excluding tert-OH is 2. The van der Waals surface area contributed by atoms with Crippen LogP contribution in [0.15, 0.2) is 0 Å². The Morgan fingerprint density at radius 1 is 0.750 bits per heavy atom. The van der Waals surface area contributed by atoms with Gasteiger partial charge in [-0.15, -0.1) is 25.7 Å². The summed E-state index contributed by atoms with van der Waals surface area (Å²) in [6.45, 7) is -0.250. The lowest BCUT2D eigenvalue weighted by Crippen LogP contribution is -1.85. The van der Waals surface area contributed by atoms with E-state index in [1.165, 1.54) is 0 Å². The number of terminal acetylenes is 2. The van der Waals surface area contributed by atoms with Crippen LogP contribution in [0.5, 0.6) is 0 Å². The van der Waals surface area contributed by atoms with Gasteiger partial charge in [-0.25, -0.2) is 0 Å². The van der Waals surface area contributed by atoms with Gasteiger partial charge in [-0.05, 0) is 0 Å². The van der Waals surface area contributed by atoms with E-state index in [1.54, 1.807) is 0 Å². The molecule has 0 heterocycles. The normalized spacial score (nSPS) is 4.25. The third kappa shape index (κ3) is 51400. The van der Waals surface area contributed by atoms with E-state index in [2.05, 4.69) is 25.7 Å². The quantitative estimate of drug-likeness (QED) is 0.450. The molecule has 46 valence electrons. The summed E-state index contributed by atoms with van der Waals surface area (Å²) in [6, 6.07) is 0. The van der Waals surface area contributed by atoms with Crippen LogP contribution in [-0.4, -0.2) is 23.4 Å². The summed E-state index contributed by atoms with van der Waals surface area (Å²) in [5.41, 5.74) is 0. The maximum Gasteiger partial charge on any atom is 0.0662 e. The van der Waals surface area contributed by atoms with Crippen molar-refractivity contribution in [3.8, 4) is 25.7 Å². The summed E-state index contributed by atoms with van der Waals surface area (Å²) in [6.07, 6.45) is 16.0. The lowest BCUT2D eigenvalue weighted by atomic mass is 10.8. The van der Waals surface area contributed by atoms with Gasteiger partial charge >= 0.3 is 0 Å². The molecule has 0 saturated heterocycles. The first kappa shape index (κ1) is 15.7. The van der Waals surface area contributed by atoms with Gasteiger partial charge in [-0.3, -0.25) is 0 Å². The topological polar surface area (TPSA) is 40.5 Å². The number of aliphatic hydroxyl groups is 2. The predicted molar refractivity (Wildman–Crippen MR) is 34.0 cm³/mol. The summed E-state index contributed by atoms with van der Waals surface area (Å²) < 4.78 is 0. The molecule has 0 saturated carbocycles. The molecule has 0 aromatic carbocycles. The molecule has 0 radical (unpaired) electrons. The van der Waals surface area contributed by atoms with Crippen molar-refractivity contribution < 1.29 is 10.2 Å². The molecule has 0 atom stereocenters. The van der Waals surface area contributed by atoms with Gasteiger partial charge in [0.1, 0.15) is 0 Å². The Morgan fingerprint density at radius 2 is 0.875 bits per heavy atom. The van der Waals surface area contributed by atoms with E-state index < -0.39 is 0 Å². The third-order valence-corrected chi connectivity index (χ3v) is 0.1000. The van der Waals surface area contributed by atoms with Gasteiger partial charge in [0.25, 0.3) is 0 Å². The minimum Gasteiger partial charge on any atom is -0.394 e. The van der Waals surface area contributed by atoms with Crippen LogP contribution in [0, 0.1) is 25.7 Å². The highest BCUT2D eigenvalue weighted by Gasteiger charge is 1.58. The Morgan fingerprint density at radius 3 is 0.875 bits per heavy atom. The van der Waals surface area contributed by atoms with E-state index in [0.717, 1.165) is 0 Å². The largest absolute Gasteiger partial charge is 0.394 e. The van der Waals surface area contributed by atoms with Crippen LogP contribution in [0.4, 0.5) is 0 Å². The Kier molecular flexibility index (Phi) is 279. The number of rotatable bonds is 1. The second kappa shape index (κ2) is 142. The van der Waals surface area contributed by atoms with Crippen LogP contribution in [-0.2, 0) is 0 Å². The van der Waals surface area contributed by atoms with Gasteiger partial charge in [0.05, 0.1) is 13.2 Å². The minimum atomic E-state index is -0.125. The lowest BCUT2D eigenvalue weighted by molar-refractivity contribution is 0.186. The van der Waals surface area contributed by atoms with Crippen molar-refractivity contribution in [2.24, 2.45) is 0 Å². The molecule has 0 aliphatic carbocycles. The van der Waals surface area contributed by atoms with Gasteiger partial charge in [-0.2, -0.15) is 0 Å². The second-order valence-corrected chi connectivity index (χ2v) is 0.447. The van der Waals surface area contributed by atoms with Gasteiger partial charge in [0.15, 0.2) is 0 Å².